The first-order valence-electron chi connectivity index (χ1n) is 8.80. The van der Waals surface area contributed by atoms with E-state index in [1.54, 1.807) is 11.8 Å². The molecule has 4 nitrogen and oxygen atoms in total. The van der Waals surface area contributed by atoms with Crippen molar-refractivity contribution in [3.63, 3.8) is 0 Å². The third kappa shape index (κ3) is 5.16. The van der Waals surface area contributed by atoms with Crippen molar-refractivity contribution in [2.45, 2.75) is 26.9 Å². The van der Waals surface area contributed by atoms with Crippen molar-refractivity contribution in [2.24, 2.45) is 0 Å². The first-order valence-corrected chi connectivity index (χ1v) is 10.1. The predicted molar refractivity (Wildman–Crippen MR) is 112 cm³/mol. The lowest BCUT2D eigenvalue weighted by atomic mass is 10.2. The molecule has 140 valence electrons. The lowest BCUT2D eigenvalue weighted by molar-refractivity contribution is -0.908. The molecule has 1 aromatic heterocycles. The van der Waals surface area contributed by atoms with Crippen LogP contribution in [0.4, 0.5) is 10.8 Å². The van der Waals surface area contributed by atoms with Crippen LogP contribution in [0.15, 0.2) is 53.9 Å². The third-order valence-electron chi connectivity index (χ3n) is 4.21. The van der Waals surface area contributed by atoms with Gasteiger partial charge < -0.3 is 4.90 Å². The molecule has 0 spiro atoms. The van der Waals surface area contributed by atoms with Crippen molar-refractivity contribution in [3.8, 4) is 0 Å². The van der Waals surface area contributed by atoms with Crippen molar-refractivity contribution in [2.75, 3.05) is 11.9 Å². The average Bonchev–Trinajstić information content (AvgIpc) is 3.04. The summed E-state index contributed by atoms with van der Waals surface area (Å²) < 4.78 is 0. The quantitative estimate of drug-likeness (QED) is 0.679. The largest absolute Gasteiger partial charge is 0.329 e. The molecule has 27 heavy (non-hydrogen) atoms. The van der Waals surface area contributed by atoms with E-state index in [2.05, 4.69) is 7.05 Å². The number of aryl methyl sites for hydroxylation is 1. The van der Waals surface area contributed by atoms with Crippen LogP contribution in [0.25, 0.3) is 0 Å². The second kappa shape index (κ2) is 8.65. The number of carbonyl (C=O) groups excluding carboxylic acids is 1. The molecule has 1 amide bonds. The maximum atomic E-state index is 12.2. The number of rotatable bonds is 6. The van der Waals surface area contributed by atoms with Gasteiger partial charge in [0.15, 0.2) is 5.13 Å². The SMILES string of the molecule is CC(=O)N(c1cccc(C)c1)c1nc(C[NH+](C)Cc2ccc(Cl)cc2)cs1. The number of amides is 1. The van der Waals surface area contributed by atoms with E-state index in [-0.39, 0.29) is 5.91 Å². The van der Waals surface area contributed by atoms with Gasteiger partial charge in [0.25, 0.3) is 0 Å². The topological polar surface area (TPSA) is 37.6 Å². The van der Waals surface area contributed by atoms with E-state index in [0.29, 0.717) is 5.13 Å². The van der Waals surface area contributed by atoms with Gasteiger partial charge in [-0.25, -0.2) is 4.98 Å². The number of nitrogens with one attached hydrogen (secondary N) is 1. The van der Waals surface area contributed by atoms with E-state index in [9.17, 15) is 4.79 Å². The lowest BCUT2D eigenvalue weighted by Gasteiger charge is -2.18. The number of anilines is 2. The third-order valence-corrected chi connectivity index (χ3v) is 5.33. The molecule has 1 heterocycles. The van der Waals surface area contributed by atoms with Gasteiger partial charge in [-0.15, -0.1) is 11.3 Å². The molecule has 1 N–H and O–H groups in total. The highest BCUT2D eigenvalue weighted by Crippen LogP contribution is 2.29. The summed E-state index contributed by atoms with van der Waals surface area (Å²) >= 11 is 7.45. The van der Waals surface area contributed by atoms with Crippen molar-refractivity contribution >= 4 is 39.7 Å². The molecule has 1 unspecified atom stereocenters. The lowest BCUT2D eigenvalue weighted by Crippen LogP contribution is -3.06. The molecule has 0 fully saturated rings. The van der Waals surface area contributed by atoms with Crippen LogP contribution in [0.3, 0.4) is 0 Å². The van der Waals surface area contributed by atoms with Crippen LogP contribution < -0.4 is 9.80 Å². The molecule has 3 aromatic rings. The molecular formula is C21H23ClN3OS+. The minimum Gasteiger partial charge on any atom is -0.329 e. The van der Waals surface area contributed by atoms with Crippen molar-refractivity contribution in [3.05, 3.63) is 75.8 Å². The summed E-state index contributed by atoms with van der Waals surface area (Å²) in [5.74, 6) is -0.0386. The predicted octanol–water partition coefficient (Wildman–Crippen LogP) is 4.00. The fourth-order valence-corrected chi connectivity index (χ4v) is 4.01. The molecule has 0 aliphatic heterocycles. The zero-order valence-electron chi connectivity index (χ0n) is 15.7. The molecule has 0 aliphatic carbocycles. The highest BCUT2D eigenvalue weighted by atomic mass is 35.5. The number of halogens is 1. The number of hydrogen-bond donors (Lipinski definition) is 1. The van der Waals surface area contributed by atoms with Crippen molar-refractivity contribution in [1.29, 1.82) is 0 Å². The first kappa shape index (κ1) is 19.5. The molecule has 0 saturated carbocycles. The van der Waals surface area contributed by atoms with E-state index in [1.165, 1.54) is 21.8 Å². The highest BCUT2D eigenvalue weighted by Gasteiger charge is 2.19. The summed E-state index contributed by atoms with van der Waals surface area (Å²) in [7, 11) is 2.14. The molecule has 6 heteroatoms. The molecule has 0 radical (unpaired) electrons. The Bertz CT molecular complexity index is 923. The van der Waals surface area contributed by atoms with E-state index < -0.39 is 0 Å². The van der Waals surface area contributed by atoms with Gasteiger partial charge in [0.1, 0.15) is 18.8 Å². The Balaban J connectivity index is 1.72. The molecule has 1 atom stereocenters. The van der Waals surface area contributed by atoms with Crippen LogP contribution in [-0.2, 0) is 17.9 Å². The summed E-state index contributed by atoms with van der Waals surface area (Å²) in [6.45, 7) is 5.27. The van der Waals surface area contributed by atoms with Crippen molar-refractivity contribution < 1.29 is 9.69 Å². The van der Waals surface area contributed by atoms with Gasteiger partial charge in [-0.1, -0.05) is 35.9 Å². The Hall–Kier alpha value is -2.21. The zero-order valence-corrected chi connectivity index (χ0v) is 17.3. The van der Waals surface area contributed by atoms with Gasteiger partial charge in [-0.2, -0.15) is 0 Å². The van der Waals surface area contributed by atoms with Gasteiger partial charge >= 0.3 is 0 Å². The summed E-state index contributed by atoms with van der Waals surface area (Å²) in [5.41, 5.74) is 4.19. The molecule has 0 aliphatic rings. The number of thiazole rings is 1. The molecule has 3 rings (SSSR count). The van der Waals surface area contributed by atoms with Gasteiger partial charge in [-0.3, -0.25) is 9.69 Å². The molecule has 0 bridgehead atoms. The van der Waals surface area contributed by atoms with E-state index in [1.807, 2.05) is 60.8 Å². The van der Waals surface area contributed by atoms with Crippen LogP contribution in [0.1, 0.15) is 23.7 Å². The monoisotopic (exact) mass is 400 g/mol. The number of quaternary nitrogens is 1. The molecule has 2 aromatic carbocycles. The second-order valence-corrected chi connectivity index (χ2v) is 8.02. The van der Waals surface area contributed by atoms with E-state index >= 15 is 0 Å². The highest BCUT2D eigenvalue weighted by molar-refractivity contribution is 7.14. The second-order valence-electron chi connectivity index (χ2n) is 6.75. The van der Waals surface area contributed by atoms with Crippen LogP contribution >= 0.6 is 22.9 Å². The zero-order chi connectivity index (χ0) is 19.4. The fourth-order valence-electron chi connectivity index (χ4n) is 3.00. The first-order chi connectivity index (χ1) is 12.9. The number of benzene rings is 2. The van der Waals surface area contributed by atoms with Gasteiger partial charge in [-0.05, 0) is 36.8 Å². The Morgan fingerprint density at radius 3 is 2.59 bits per heavy atom. The number of aromatic nitrogens is 1. The van der Waals surface area contributed by atoms with Gasteiger partial charge in [0.05, 0.1) is 12.7 Å². The Morgan fingerprint density at radius 1 is 1.19 bits per heavy atom. The minimum atomic E-state index is -0.0386. The van der Waals surface area contributed by atoms with Crippen LogP contribution in [0, 0.1) is 6.92 Å². The van der Waals surface area contributed by atoms with Crippen LogP contribution in [0.2, 0.25) is 5.02 Å². The van der Waals surface area contributed by atoms with Crippen molar-refractivity contribution in [1.82, 2.24) is 4.98 Å². The number of nitrogens with zero attached hydrogens (tertiary/aromatic N) is 2. The fraction of sp³-hybridized carbons (Fsp3) is 0.238. The summed E-state index contributed by atoms with van der Waals surface area (Å²) in [5, 5.41) is 3.50. The molecular weight excluding hydrogens is 378 g/mol. The van der Waals surface area contributed by atoms with Crippen LogP contribution in [0.5, 0.6) is 0 Å². The summed E-state index contributed by atoms with van der Waals surface area (Å²) in [6.07, 6.45) is 0. The average molecular weight is 401 g/mol. The van der Waals surface area contributed by atoms with Crippen LogP contribution in [-0.4, -0.2) is 17.9 Å². The van der Waals surface area contributed by atoms with Gasteiger partial charge in [0, 0.05) is 22.9 Å². The Labute approximate surface area is 169 Å². The Kier molecular flexibility index (Phi) is 6.26. The molecule has 0 saturated heterocycles. The van der Waals surface area contributed by atoms with E-state index in [0.717, 1.165) is 35.1 Å². The maximum Gasteiger partial charge on any atom is 0.230 e. The van der Waals surface area contributed by atoms with Gasteiger partial charge in [0.2, 0.25) is 5.91 Å². The number of hydrogen-bond acceptors (Lipinski definition) is 3. The number of carbonyl (C=O) groups is 1. The smallest absolute Gasteiger partial charge is 0.230 e. The van der Waals surface area contributed by atoms with E-state index in [4.69, 9.17) is 16.6 Å². The maximum absolute atomic E-state index is 12.2. The minimum absolute atomic E-state index is 0.0386. The normalized spacial score (nSPS) is 12.0. The Morgan fingerprint density at radius 2 is 1.93 bits per heavy atom. The summed E-state index contributed by atoms with van der Waals surface area (Å²) in [4.78, 5) is 19.9. The standard InChI is InChI=1S/C21H22ClN3OS/c1-15-5-4-6-20(11-15)25(16(2)26)21-23-19(14-27-21)13-24(3)12-17-7-9-18(22)10-8-17/h4-11,14H,12-13H2,1-3H3/p+1. The summed E-state index contributed by atoms with van der Waals surface area (Å²) in [6, 6.07) is 15.8.